The molecule has 0 radical (unpaired) electrons. The van der Waals surface area contributed by atoms with Crippen LogP contribution < -0.4 is 26.2 Å². The van der Waals surface area contributed by atoms with E-state index in [9.17, 15) is 10.5 Å². The first kappa shape index (κ1) is 41.4. The Bertz CT molecular complexity index is 4230. The van der Waals surface area contributed by atoms with E-state index >= 15 is 0 Å². The molecule has 0 aromatic heterocycles. The van der Waals surface area contributed by atoms with Crippen LogP contribution in [0.4, 0.5) is 45.5 Å². The molecule has 74 heavy (non-hydrogen) atoms. The molecular formula is C67H35BN6. The maximum absolute atomic E-state index is 10.5. The molecule has 7 heteroatoms. The number of hydrogen-bond acceptors (Lipinski definition) is 4. The molecule has 0 amide bonds. The molecule has 11 aromatic carbocycles. The first-order chi connectivity index (χ1) is 36.5. The summed E-state index contributed by atoms with van der Waals surface area (Å²) in [6.07, 6.45) is 0. The van der Waals surface area contributed by atoms with Gasteiger partial charge in [-0.25, -0.2) is 9.69 Å². The second kappa shape index (κ2) is 15.3. The largest absolute Gasteiger partial charge is 0.314 e. The molecule has 4 aliphatic rings. The number of anilines is 6. The van der Waals surface area contributed by atoms with E-state index in [1.807, 2.05) is 24.3 Å². The Morgan fingerprint density at radius 3 is 1.30 bits per heavy atom. The number of nitrogens with zero attached hydrogens (tertiary/aromatic N) is 6. The van der Waals surface area contributed by atoms with Crippen molar-refractivity contribution in [2.24, 2.45) is 0 Å². The molecule has 2 aliphatic heterocycles. The molecule has 0 bridgehead atoms. The van der Waals surface area contributed by atoms with Gasteiger partial charge in [0.25, 0.3) is 6.71 Å². The standard InChI is InChI=1S/C67H35BN6/c1-71-48-35-49(72-2)37-51(36-48)74-63-32-45-16-6-4-14-43(45)30-61(63)68-60-29-42-13-3-5-15-44(42)31-62(60)73(50-26-40(38-69)25-41(27-50)39-70)64-33-47(34-65(74)66(64)68)46-23-24-55-54-19-9-12-22-58(54)67(59(55)28-46)56-20-10-7-17-52(56)53-18-8-11-21-57(53)67/h3-37H. The third kappa shape index (κ3) is 5.56. The molecule has 0 saturated heterocycles. The Balaban J connectivity index is 1.08. The second-order valence-electron chi connectivity index (χ2n) is 19.6. The number of benzene rings is 11. The van der Waals surface area contributed by atoms with E-state index in [2.05, 4.69) is 208 Å². The maximum atomic E-state index is 10.5. The lowest BCUT2D eigenvalue weighted by molar-refractivity contribution is 0.794. The van der Waals surface area contributed by atoms with Crippen molar-refractivity contribution in [1.82, 2.24) is 0 Å². The van der Waals surface area contributed by atoms with E-state index in [1.54, 1.807) is 12.1 Å². The van der Waals surface area contributed by atoms with Gasteiger partial charge in [0.05, 0.1) is 41.8 Å². The summed E-state index contributed by atoms with van der Waals surface area (Å²) >= 11 is 0. The van der Waals surface area contributed by atoms with E-state index in [1.165, 1.54) is 44.5 Å². The van der Waals surface area contributed by atoms with Crippen LogP contribution in [0, 0.1) is 35.8 Å². The minimum Gasteiger partial charge on any atom is -0.314 e. The van der Waals surface area contributed by atoms with Crippen molar-refractivity contribution in [1.29, 1.82) is 10.5 Å². The van der Waals surface area contributed by atoms with E-state index in [0.717, 1.165) is 71.8 Å². The van der Waals surface area contributed by atoms with Gasteiger partial charge in [-0.2, -0.15) is 10.5 Å². The van der Waals surface area contributed by atoms with Crippen LogP contribution in [0.5, 0.6) is 0 Å². The quantitative estimate of drug-likeness (QED) is 0.131. The van der Waals surface area contributed by atoms with Gasteiger partial charge in [-0.3, -0.25) is 0 Å². The lowest BCUT2D eigenvalue weighted by atomic mass is 9.33. The zero-order chi connectivity index (χ0) is 49.4. The second-order valence-corrected chi connectivity index (χ2v) is 19.6. The molecule has 0 N–H and O–H groups in total. The minimum atomic E-state index is -0.567. The van der Waals surface area contributed by atoms with Gasteiger partial charge in [0, 0.05) is 34.1 Å². The van der Waals surface area contributed by atoms with E-state index < -0.39 is 5.41 Å². The molecule has 0 fully saturated rings. The summed E-state index contributed by atoms with van der Waals surface area (Å²) in [5.41, 5.74) is 21.1. The van der Waals surface area contributed by atoms with E-state index in [0.29, 0.717) is 33.9 Å². The SMILES string of the molecule is [C-]#[N+]c1cc([N+]#[C-])cc(N2c3cc4ccccc4cc3B3c4cc5ccccc5cc4N(c4cc(C#N)cc(C#N)c4)c4cc(-c5ccc6c(c5)C5(c7ccccc7-c7ccccc75)c5ccccc5-6)cc2c43)c1. The zero-order valence-electron chi connectivity index (χ0n) is 39.5. The molecular weight excluding hydrogens is 900 g/mol. The summed E-state index contributed by atoms with van der Waals surface area (Å²) < 4.78 is 0. The first-order valence-electron chi connectivity index (χ1n) is 24.6. The fourth-order valence-corrected chi connectivity index (χ4v) is 13.1. The van der Waals surface area contributed by atoms with Crippen molar-refractivity contribution >= 4 is 90.1 Å². The van der Waals surface area contributed by atoms with Crippen molar-refractivity contribution in [3.8, 4) is 45.5 Å². The number of hydrogen-bond donors (Lipinski definition) is 0. The Kier molecular flexibility index (Phi) is 8.54. The Morgan fingerprint density at radius 2 is 0.824 bits per heavy atom. The van der Waals surface area contributed by atoms with Gasteiger partial charge in [0.15, 0.2) is 11.4 Å². The van der Waals surface area contributed by atoms with Crippen molar-refractivity contribution in [2.75, 3.05) is 9.80 Å². The molecule has 6 nitrogen and oxygen atoms in total. The predicted octanol–water partition coefficient (Wildman–Crippen LogP) is 14.9. The highest BCUT2D eigenvalue weighted by molar-refractivity contribution is 7.00. The molecule has 2 heterocycles. The molecule has 0 saturated carbocycles. The van der Waals surface area contributed by atoms with Gasteiger partial charge < -0.3 is 9.80 Å². The monoisotopic (exact) mass is 934 g/mol. The van der Waals surface area contributed by atoms with E-state index in [-0.39, 0.29) is 6.71 Å². The lowest BCUT2D eigenvalue weighted by Crippen LogP contribution is -2.61. The molecule has 15 rings (SSSR count). The number of rotatable bonds is 3. The van der Waals surface area contributed by atoms with Gasteiger partial charge in [-0.15, -0.1) is 0 Å². The summed E-state index contributed by atoms with van der Waals surface area (Å²) in [5, 5.41) is 25.3. The zero-order valence-corrected chi connectivity index (χ0v) is 39.5. The van der Waals surface area contributed by atoms with Crippen LogP contribution in [0.2, 0.25) is 0 Å². The summed E-state index contributed by atoms with van der Waals surface area (Å²) in [5.74, 6) is 0. The third-order valence-electron chi connectivity index (χ3n) is 16.0. The van der Waals surface area contributed by atoms with Gasteiger partial charge in [0.1, 0.15) is 0 Å². The summed E-state index contributed by atoms with van der Waals surface area (Å²) in [7, 11) is 0. The highest BCUT2D eigenvalue weighted by Gasteiger charge is 2.52. The van der Waals surface area contributed by atoms with Crippen LogP contribution in [0.15, 0.2) is 212 Å². The van der Waals surface area contributed by atoms with Crippen LogP contribution in [0.1, 0.15) is 33.4 Å². The van der Waals surface area contributed by atoms with E-state index in [4.69, 9.17) is 13.1 Å². The Hall–Kier alpha value is -10.4. The summed E-state index contributed by atoms with van der Waals surface area (Å²) in [4.78, 5) is 12.3. The van der Waals surface area contributed by atoms with Crippen molar-refractivity contribution in [3.05, 3.63) is 269 Å². The van der Waals surface area contributed by atoms with Gasteiger partial charge in [0.2, 0.25) is 0 Å². The highest BCUT2D eigenvalue weighted by Crippen LogP contribution is 2.63. The Morgan fingerprint density at radius 1 is 0.392 bits per heavy atom. The Labute approximate surface area is 427 Å². The molecule has 0 atom stereocenters. The van der Waals surface area contributed by atoms with Gasteiger partial charge >= 0.3 is 0 Å². The fraction of sp³-hybridized carbons (Fsp3) is 0.0149. The molecule has 336 valence electrons. The molecule has 0 unspecified atom stereocenters. The lowest BCUT2D eigenvalue weighted by Gasteiger charge is -2.45. The maximum Gasteiger partial charge on any atom is 0.252 e. The van der Waals surface area contributed by atoms with Crippen LogP contribution in [0.3, 0.4) is 0 Å². The van der Waals surface area contributed by atoms with Crippen molar-refractivity contribution in [2.45, 2.75) is 5.41 Å². The van der Waals surface area contributed by atoms with Crippen LogP contribution in [-0.4, -0.2) is 6.71 Å². The normalized spacial score (nSPS) is 13.4. The summed E-state index contributed by atoms with van der Waals surface area (Å²) in [6, 6.07) is 79.7. The molecule has 11 aromatic rings. The van der Waals surface area contributed by atoms with Gasteiger partial charge in [-0.05, 0) is 154 Å². The minimum absolute atomic E-state index is 0.274. The van der Waals surface area contributed by atoms with Crippen molar-refractivity contribution in [3.63, 3.8) is 0 Å². The fourth-order valence-electron chi connectivity index (χ4n) is 13.1. The van der Waals surface area contributed by atoms with Crippen LogP contribution in [0.25, 0.3) is 64.6 Å². The first-order valence-corrected chi connectivity index (χ1v) is 24.6. The van der Waals surface area contributed by atoms with Crippen molar-refractivity contribution < 1.29 is 0 Å². The molecule has 1 spiro atoms. The van der Waals surface area contributed by atoms with Crippen LogP contribution in [-0.2, 0) is 5.41 Å². The third-order valence-corrected chi connectivity index (χ3v) is 16.0. The predicted molar refractivity (Wildman–Crippen MR) is 299 cm³/mol. The number of nitriles is 2. The average Bonchev–Trinajstić information content (AvgIpc) is 3.93. The van der Waals surface area contributed by atoms with Gasteiger partial charge in [-0.1, -0.05) is 152 Å². The van der Waals surface area contributed by atoms with Crippen LogP contribution >= 0.6 is 0 Å². The number of fused-ring (bicyclic) bond motifs is 16. The smallest absolute Gasteiger partial charge is 0.252 e. The average molecular weight is 935 g/mol. The molecule has 2 aliphatic carbocycles. The summed E-state index contributed by atoms with van der Waals surface area (Å²) in [6.45, 7) is 16.2. The topological polar surface area (TPSA) is 62.8 Å². The highest BCUT2D eigenvalue weighted by atomic mass is 15.2.